The molecular weight excluding hydrogens is 468 g/mol. The van der Waals surface area contributed by atoms with Crippen molar-refractivity contribution >= 4 is 10.0 Å². The number of sulfonamides is 1. The molecule has 2 aliphatic rings. The zero-order chi connectivity index (χ0) is 24.3. The van der Waals surface area contributed by atoms with Crippen molar-refractivity contribution in [1.82, 2.24) is 19.5 Å². The fraction of sp³-hybridized carbons (Fsp3) is 0.320. The van der Waals surface area contributed by atoms with Crippen LogP contribution in [0.2, 0.25) is 0 Å². The maximum atomic E-state index is 13.1. The number of rotatable bonds is 8. The Hall–Kier alpha value is -3.18. The number of ether oxygens (including phenoxy) is 3. The van der Waals surface area contributed by atoms with Gasteiger partial charge in [-0.25, -0.2) is 18.1 Å². The number of nitrogens with one attached hydrogen (secondary N) is 1. The van der Waals surface area contributed by atoms with Crippen molar-refractivity contribution in [2.24, 2.45) is 0 Å². The molecule has 1 atom stereocenters. The maximum absolute atomic E-state index is 13.1. The Kier molecular flexibility index (Phi) is 6.87. The van der Waals surface area contributed by atoms with Gasteiger partial charge in [0.05, 0.1) is 6.20 Å². The Morgan fingerprint density at radius 1 is 1.00 bits per heavy atom. The lowest BCUT2D eigenvalue weighted by atomic mass is 10.0. The van der Waals surface area contributed by atoms with Crippen molar-refractivity contribution in [2.45, 2.75) is 10.9 Å². The molecule has 0 radical (unpaired) electrons. The number of nitrogens with zero attached hydrogens (tertiary/aromatic N) is 3. The van der Waals surface area contributed by atoms with E-state index < -0.39 is 10.0 Å². The van der Waals surface area contributed by atoms with Crippen LogP contribution in [0.3, 0.4) is 0 Å². The first-order chi connectivity index (χ1) is 17.0. The maximum Gasteiger partial charge on any atom is 0.242 e. The lowest BCUT2D eigenvalue weighted by molar-refractivity contribution is 0.112. The lowest BCUT2D eigenvalue weighted by Gasteiger charge is -2.38. The van der Waals surface area contributed by atoms with E-state index in [1.54, 1.807) is 6.07 Å². The summed E-state index contributed by atoms with van der Waals surface area (Å²) in [5.41, 5.74) is 0.978. The largest absolute Gasteiger partial charge is 0.454 e. The molecule has 9 nitrogen and oxygen atoms in total. The summed E-state index contributed by atoms with van der Waals surface area (Å²) in [6, 6.07) is 17.9. The Labute approximate surface area is 205 Å². The van der Waals surface area contributed by atoms with Crippen LogP contribution in [0.1, 0.15) is 11.6 Å². The van der Waals surface area contributed by atoms with E-state index >= 15 is 0 Å². The van der Waals surface area contributed by atoms with E-state index in [2.05, 4.69) is 26.6 Å². The summed E-state index contributed by atoms with van der Waals surface area (Å²) in [6.45, 7) is 3.92. The Morgan fingerprint density at radius 2 is 1.77 bits per heavy atom. The predicted octanol–water partition coefficient (Wildman–Crippen LogP) is 2.87. The minimum atomic E-state index is -3.77. The minimum absolute atomic E-state index is 0.0840. The minimum Gasteiger partial charge on any atom is -0.454 e. The van der Waals surface area contributed by atoms with Gasteiger partial charge in [0, 0.05) is 44.8 Å². The zero-order valence-electron chi connectivity index (χ0n) is 19.5. The molecule has 0 spiro atoms. The zero-order valence-corrected chi connectivity index (χ0v) is 20.3. The summed E-state index contributed by atoms with van der Waals surface area (Å²) in [5.74, 6) is 2.34. The van der Waals surface area contributed by atoms with E-state index in [1.807, 2.05) is 48.5 Å². The van der Waals surface area contributed by atoms with Crippen molar-refractivity contribution in [3.05, 3.63) is 72.4 Å². The van der Waals surface area contributed by atoms with Gasteiger partial charge in [-0.2, -0.15) is 0 Å². The molecule has 3 aromatic rings. The molecule has 1 N–H and O–H groups in total. The second kappa shape index (κ2) is 10.2. The van der Waals surface area contributed by atoms with E-state index in [1.165, 1.54) is 12.3 Å². The van der Waals surface area contributed by atoms with Gasteiger partial charge in [0.1, 0.15) is 10.6 Å². The van der Waals surface area contributed by atoms with Gasteiger partial charge in [-0.3, -0.25) is 4.90 Å². The van der Waals surface area contributed by atoms with Gasteiger partial charge in [-0.05, 0) is 42.9 Å². The van der Waals surface area contributed by atoms with Crippen LogP contribution in [-0.2, 0) is 10.0 Å². The number of likely N-dealkylation sites (N-methyl/N-ethyl adjacent to an activating group) is 1. The molecule has 0 aliphatic carbocycles. The quantitative estimate of drug-likeness (QED) is 0.509. The van der Waals surface area contributed by atoms with Crippen molar-refractivity contribution in [3.8, 4) is 23.1 Å². The molecule has 10 heteroatoms. The van der Waals surface area contributed by atoms with Gasteiger partial charge in [0.2, 0.25) is 22.7 Å². The molecular formula is C25H28N4O5S. The van der Waals surface area contributed by atoms with Gasteiger partial charge < -0.3 is 19.1 Å². The standard InChI is InChI=1S/C25H28N4O5S/c1-28-11-13-29(14-12-28)22(19-7-9-23-24(15-19)33-18-32-23)17-27-35(30,31)21-8-10-25(26-16-21)34-20-5-3-2-4-6-20/h2-10,15-16,22,27H,11-14,17-18H2,1H3. The highest BCUT2D eigenvalue weighted by Gasteiger charge is 2.28. The highest BCUT2D eigenvalue weighted by molar-refractivity contribution is 7.89. The summed E-state index contributed by atoms with van der Waals surface area (Å²) >= 11 is 0. The highest BCUT2D eigenvalue weighted by atomic mass is 32.2. The second-order valence-corrected chi connectivity index (χ2v) is 10.3. The number of piperazine rings is 1. The van der Waals surface area contributed by atoms with Crippen LogP contribution < -0.4 is 18.9 Å². The fourth-order valence-electron chi connectivity index (χ4n) is 4.18. The molecule has 1 fully saturated rings. The van der Waals surface area contributed by atoms with Gasteiger partial charge in [-0.15, -0.1) is 0 Å². The van der Waals surface area contributed by atoms with Crippen LogP contribution in [0.5, 0.6) is 23.1 Å². The Morgan fingerprint density at radius 3 is 2.51 bits per heavy atom. The highest BCUT2D eigenvalue weighted by Crippen LogP contribution is 2.35. The van der Waals surface area contributed by atoms with Crippen LogP contribution in [0.25, 0.3) is 0 Å². The summed E-state index contributed by atoms with van der Waals surface area (Å²) in [5, 5.41) is 0. The molecule has 0 amide bonds. The topological polar surface area (TPSA) is 93.2 Å². The molecule has 2 aromatic carbocycles. The molecule has 0 bridgehead atoms. The van der Waals surface area contributed by atoms with E-state index in [0.29, 0.717) is 23.1 Å². The number of aromatic nitrogens is 1. The molecule has 0 saturated carbocycles. The van der Waals surface area contributed by atoms with Crippen molar-refractivity contribution in [3.63, 3.8) is 0 Å². The number of fused-ring (bicyclic) bond motifs is 1. The molecule has 3 heterocycles. The first-order valence-electron chi connectivity index (χ1n) is 11.5. The Bertz CT molecular complexity index is 1250. The number of para-hydroxylation sites is 1. The third kappa shape index (κ3) is 5.57. The third-order valence-corrected chi connectivity index (χ3v) is 7.62. The Balaban J connectivity index is 1.31. The first kappa shape index (κ1) is 23.6. The first-order valence-corrected chi connectivity index (χ1v) is 13.0. The van der Waals surface area contributed by atoms with Gasteiger partial charge in [0.15, 0.2) is 11.5 Å². The van der Waals surface area contributed by atoms with Crippen molar-refractivity contribution < 1.29 is 22.6 Å². The molecule has 2 aliphatic heterocycles. The summed E-state index contributed by atoms with van der Waals surface area (Å²) < 4.78 is 45.6. The van der Waals surface area contributed by atoms with Gasteiger partial charge in [-0.1, -0.05) is 24.3 Å². The predicted molar refractivity (Wildman–Crippen MR) is 130 cm³/mol. The van der Waals surface area contributed by atoms with Crippen LogP contribution in [0.4, 0.5) is 0 Å². The fourth-order valence-corrected chi connectivity index (χ4v) is 5.16. The summed E-state index contributed by atoms with van der Waals surface area (Å²) in [4.78, 5) is 8.83. The average Bonchev–Trinajstić information content (AvgIpc) is 3.34. The monoisotopic (exact) mass is 496 g/mol. The number of hydrogen-bond donors (Lipinski definition) is 1. The van der Waals surface area contributed by atoms with Gasteiger partial charge in [0.25, 0.3) is 0 Å². The lowest BCUT2D eigenvalue weighted by Crippen LogP contribution is -2.48. The molecule has 1 saturated heterocycles. The smallest absolute Gasteiger partial charge is 0.242 e. The van der Waals surface area contributed by atoms with Crippen LogP contribution in [-0.4, -0.2) is 69.8 Å². The SMILES string of the molecule is CN1CCN(C(CNS(=O)(=O)c2ccc(Oc3ccccc3)nc2)c2ccc3c(c2)OCO3)CC1. The van der Waals surface area contributed by atoms with Gasteiger partial charge >= 0.3 is 0 Å². The van der Waals surface area contributed by atoms with E-state index in [-0.39, 0.29) is 24.3 Å². The molecule has 1 unspecified atom stereocenters. The summed E-state index contributed by atoms with van der Waals surface area (Å²) in [7, 11) is -1.68. The molecule has 1 aromatic heterocycles. The van der Waals surface area contributed by atoms with Crippen LogP contribution in [0, 0.1) is 0 Å². The second-order valence-electron chi connectivity index (χ2n) is 8.57. The number of benzene rings is 2. The third-order valence-electron chi connectivity index (χ3n) is 6.21. The normalized spacial score (nSPS) is 17.3. The van der Waals surface area contributed by atoms with E-state index in [4.69, 9.17) is 14.2 Å². The summed E-state index contributed by atoms with van der Waals surface area (Å²) in [6.07, 6.45) is 1.31. The van der Waals surface area contributed by atoms with E-state index in [9.17, 15) is 8.42 Å². The molecule has 35 heavy (non-hydrogen) atoms. The average molecular weight is 497 g/mol. The van der Waals surface area contributed by atoms with Crippen molar-refractivity contribution in [1.29, 1.82) is 0 Å². The number of hydrogen-bond acceptors (Lipinski definition) is 8. The molecule has 184 valence electrons. The van der Waals surface area contributed by atoms with E-state index in [0.717, 1.165) is 31.7 Å². The van der Waals surface area contributed by atoms with Crippen LogP contribution >= 0.6 is 0 Å². The van der Waals surface area contributed by atoms with Crippen molar-refractivity contribution in [2.75, 3.05) is 46.6 Å². The van der Waals surface area contributed by atoms with Crippen LogP contribution in [0.15, 0.2) is 71.8 Å². The number of pyridine rings is 1. The molecule has 5 rings (SSSR count).